The Morgan fingerprint density at radius 3 is 2.00 bits per heavy atom. The van der Waals surface area contributed by atoms with Crippen LogP contribution in [0.4, 0.5) is 0 Å². The van der Waals surface area contributed by atoms with Gasteiger partial charge in [-0.05, 0) is 54.6 Å². The molecule has 7 aromatic carbocycles. The van der Waals surface area contributed by atoms with E-state index in [0.717, 1.165) is 58.8 Å². The van der Waals surface area contributed by atoms with E-state index in [2.05, 4.69) is 89.5 Å². The summed E-state index contributed by atoms with van der Waals surface area (Å²) in [5.41, 5.74) is 5.95. The number of hydrogen-bond donors (Lipinski definition) is 0. The van der Waals surface area contributed by atoms with Crippen molar-refractivity contribution < 1.29 is 11.3 Å². The summed E-state index contributed by atoms with van der Waals surface area (Å²) in [5, 5.41) is 6.32. The third-order valence-corrected chi connectivity index (χ3v) is 10.8. The van der Waals surface area contributed by atoms with E-state index in [0.29, 0.717) is 22.8 Å². The van der Waals surface area contributed by atoms with E-state index in [9.17, 15) is 0 Å². The molecule has 0 aliphatic heterocycles. The maximum Gasteiger partial charge on any atom is 0.165 e. The van der Waals surface area contributed by atoms with Crippen molar-refractivity contribution in [1.29, 1.82) is 0 Å². The highest BCUT2D eigenvalue weighted by atomic mass is 32.1. The van der Waals surface area contributed by atoms with Crippen LogP contribution < -0.4 is 0 Å². The van der Waals surface area contributed by atoms with Gasteiger partial charge < -0.3 is 8.98 Å². The molecule has 0 aliphatic rings. The lowest BCUT2D eigenvalue weighted by Gasteiger charge is -2.09. The van der Waals surface area contributed by atoms with E-state index in [4.69, 9.17) is 26.2 Å². The summed E-state index contributed by atoms with van der Waals surface area (Å²) in [5.74, 6) is 0.628. The van der Waals surface area contributed by atoms with Crippen LogP contribution in [0.2, 0.25) is 0 Å². The van der Waals surface area contributed by atoms with Gasteiger partial charge in [-0.2, -0.15) is 0 Å². The van der Waals surface area contributed by atoms with Gasteiger partial charge in [-0.1, -0.05) is 96.9 Å². The standard InChI is InChI=1S/C45H26N4OS/c1-2-11-27(12-3-1)43-46-44(48-45(47-43)35-17-10-16-34-33-15-6-9-20-41(33)51-42(34)35)28-21-24-39-36(25-28)32-23-22-29(26-40(32)50-39)49-37-18-7-4-13-30(37)31-14-5-8-19-38(31)49/h1-26H/i1D,2D,3D,11D,12D. The summed E-state index contributed by atoms with van der Waals surface area (Å²) in [7, 11) is 0. The molecule has 0 bridgehead atoms. The Hall–Kier alpha value is -6.63. The summed E-state index contributed by atoms with van der Waals surface area (Å²) >= 11 is 1.63. The first-order valence-electron chi connectivity index (χ1n) is 19.0. The number of nitrogens with zero attached hydrogens (tertiary/aromatic N) is 4. The fourth-order valence-electron chi connectivity index (χ4n) is 7.27. The molecule has 0 atom stereocenters. The molecule has 0 spiro atoms. The molecule has 0 aliphatic carbocycles. The second-order valence-electron chi connectivity index (χ2n) is 12.4. The first-order valence-corrected chi connectivity index (χ1v) is 17.3. The van der Waals surface area contributed by atoms with E-state index in [1.807, 2.05) is 42.5 Å². The Bertz CT molecular complexity index is 3380. The highest BCUT2D eigenvalue weighted by Gasteiger charge is 2.18. The van der Waals surface area contributed by atoms with Crippen molar-refractivity contribution in [1.82, 2.24) is 19.5 Å². The summed E-state index contributed by atoms with van der Waals surface area (Å²) < 4.78 is 53.3. The molecule has 4 aromatic heterocycles. The molecule has 51 heavy (non-hydrogen) atoms. The molecule has 5 nitrogen and oxygen atoms in total. The zero-order valence-electron chi connectivity index (χ0n) is 31.7. The van der Waals surface area contributed by atoms with Gasteiger partial charge >= 0.3 is 0 Å². The number of para-hydroxylation sites is 2. The molecule has 238 valence electrons. The number of hydrogen-bond acceptors (Lipinski definition) is 5. The van der Waals surface area contributed by atoms with Crippen LogP contribution in [-0.2, 0) is 0 Å². The predicted octanol–water partition coefficient (Wildman–Crippen LogP) is 12.2. The normalized spacial score (nSPS) is 13.3. The van der Waals surface area contributed by atoms with Gasteiger partial charge in [0.2, 0.25) is 0 Å². The van der Waals surface area contributed by atoms with E-state index in [1.165, 1.54) is 10.8 Å². The minimum atomic E-state index is -0.480. The zero-order valence-corrected chi connectivity index (χ0v) is 27.5. The molecule has 0 saturated heterocycles. The van der Waals surface area contributed by atoms with E-state index < -0.39 is 18.1 Å². The zero-order chi connectivity index (χ0) is 37.8. The second-order valence-corrected chi connectivity index (χ2v) is 13.5. The molecule has 4 heterocycles. The van der Waals surface area contributed by atoms with E-state index in [-0.39, 0.29) is 23.5 Å². The molecule has 0 unspecified atom stereocenters. The molecular formula is C45H26N4OS. The van der Waals surface area contributed by atoms with Crippen LogP contribution in [0.3, 0.4) is 0 Å². The van der Waals surface area contributed by atoms with Crippen LogP contribution in [0.25, 0.3) is 104 Å². The Morgan fingerprint density at radius 2 is 1.20 bits per heavy atom. The number of fused-ring (bicyclic) bond motifs is 9. The summed E-state index contributed by atoms with van der Waals surface area (Å²) in [6, 6.07) is 40.8. The van der Waals surface area contributed by atoms with Crippen molar-refractivity contribution in [3.63, 3.8) is 0 Å². The first kappa shape index (κ1) is 23.7. The fourth-order valence-corrected chi connectivity index (χ4v) is 8.48. The van der Waals surface area contributed by atoms with Gasteiger partial charge in [-0.25, -0.2) is 15.0 Å². The van der Waals surface area contributed by atoms with Crippen LogP contribution in [-0.4, -0.2) is 19.5 Å². The van der Waals surface area contributed by atoms with E-state index >= 15 is 0 Å². The number of aromatic nitrogens is 4. The van der Waals surface area contributed by atoms with Crippen LogP contribution in [0.5, 0.6) is 0 Å². The second kappa shape index (κ2) is 10.9. The van der Waals surface area contributed by atoms with Gasteiger partial charge in [-0.3, -0.25) is 0 Å². The number of furan rings is 1. The SMILES string of the molecule is [2H]c1c([2H])c([2H])c(-c2nc(-c3ccc4oc5cc(-n6c7ccccc7c7ccccc76)ccc5c4c3)nc(-c3cccc4c3sc3ccccc34)n2)c([2H])c1[2H]. The average molecular weight is 676 g/mol. The van der Waals surface area contributed by atoms with Crippen LogP contribution in [0, 0.1) is 0 Å². The third kappa shape index (κ3) is 4.37. The molecule has 0 fully saturated rings. The van der Waals surface area contributed by atoms with Crippen molar-refractivity contribution >= 4 is 75.3 Å². The van der Waals surface area contributed by atoms with Crippen LogP contribution in [0.1, 0.15) is 6.85 Å². The number of benzene rings is 7. The van der Waals surface area contributed by atoms with Gasteiger partial charge in [0.25, 0.3) is 0 Å². The maximum atomic E-state index is 8.78. The predicted molar refractivity (Wildman–Crippen MR) is 211 cm³/mol. The largest absolute Gasteiger partial charge is 0.456 e. The Kier molecular flexibility index (Phi) is 5.08. The van der Waals surface area contributed by atoms with Crippen LogP contribution >= 0.6 is 11.3 Å². The van der Waals surface area contributed by atoms with Crippen molar-refractivity contribution in [3.05, 3.63) is 158 Å². The van der Waals surface area contributed by atoms with Crippen molar-refractivity contribution in [2.24, 2.45) is 0 Å². The topological polar surface area (TPSA) is 56.7 Å². The lowest BCUT2D eigenvalue weighted by Crippen LogP contribution is -2.00. The summed E-state index contributed by atoms with van der Waals surface area (Å²) in [6.07, 6.45) is 0. The minimum absolute atomic E-state index is 0.00641. The molecule has 0 N–H and O–H groups in total. The molecule has 11 rings (SSSR count). The molecule has 0 radical (unpaired) electrons. The molecule has 0 saturated carbocycles. The molecule has 11 aromatic rings. The molecule has 0 amide bonds. The molecule has 6 heteroatoms. The Morgan fingerprint density at radius 1 is 0.510 bits per heavy atom. The third-order valence-electron chi connectivity index (χ3n) is 9.56. The lowest BCUT2D eigenvalue weighted by atomic mass is 10.1. The van der Waals surface area contributed by atoms with Crippen molar-refractivity contribution in [2.45, 2.75) is 0 Å². The monoisotopic (exact) mass is 675 g/mol. The van der Waals surface area contributed by atoms with Gasteiger partial charge in [-0.15, -0.1) is 11.3 Å². The smallest absolute Gasteiger partial charge is 0.165 e. The quantitative estimate of drug-likeness (QED) is 0.186. The fraction of sp³-hybridized carbons (Fsp3) is 0. The molecular weight excluding hydrogens is 645 g/mol. The van der Waals surface area contributed by atoms with Gasteiger partial charge in [0.15, 0.2) is 17.5 Å². The van der Waals surface area contributed by atoms with Crippen molar-refractivity contribution in [3.8, 4) is 39.9 Å². The van der Waals surface area contributed by atoms with Gasteiger partial charge in [0.05, 0.1) is 17.9 Å². The maximum absolute atomic E-state index is 8.78. The average Bonchev–Trinajstić information content (AvgIpc) is 3.91. The summed E-state index contributed by atoms with van der Waals surface area (Å²) in [6.45, 7) is 0. The number of thiophene rings is 1. The van der Waals surface area contributed by atoms with Crippen LogP contribution in [0.15, 0.2) is 162 Å². The van der Waals surface area contributed by atoms with Gasteiger partial charge in [0.1, 0.15) is 11.2 Å². The Labute approximate surface area is 302 Å². The van der Waals surface area contributed by atoms with Gasteiger partial charge in [0, 0.05) is 70.2 Å². The Balaban J connectivity index is 1.11. The number of rotatable bonds is 4. The first-order chi connectivity index (χ1) is 27.3. The lowest BCUT2D eigenvalue weighted by molar-refractivity contribution is 0.668. The minimum Gasteiger partial charge on any atom is -0.456 e. The highest BCUT2D eigenvalue weighted by molar-refractivity contribution is 7.26. The van der Waals surface area contributed by atoms with E-state index in [1.54, 1.807) is 11.3 Å². The van der Waals surface area contributed by atoms with Crippen molar-refractivity contribution in [2.75, 3.05) is 0 Å². The highest BCUT2D eigenvalue weighted by Crippen LogP contribution is 2.40. The summed E-state index contributed by atoms with van der Waals surface area (Å²) in [4.78, 5) is 14.7.